The Morgan fingerprint density at radius 1 is 0.522 bits per heavy atom. The van der Waals surface area contributed by atoms with Crippen LogP contribution < -0.4 is 0 Å². The zero-order valence-corrected chi connectivity index (χ0v) is 29.8. The number of furan rings is 2. The van der Waals surface area contributed by atoms with Crippen LogP contribution in [-0.2, 0) is 17.9 Å². The van der Waals surface area contributed by atoms with Crippen LogP contribution in [0.5, 0.6) is 0 Å². The third kappa shape index (κ3) is 4.87. The molecule has 46 heavy (non-hydrogen) atoms. The number of allylic oxidation sites excluding steroid dienone is 2. The minimum absolute atomic E-state index is 0.182. The third-order valence-corrected chi connectivity index (χ3v) is 21.4. The van der Waals surface area contributed by atoms with E-state index in [4.69, 9.17) is 25.9 Å². The summed E-state index contributed by atoms with van der Waals surface area (Å²) in [6.45, 7) is 6.14. The summed E-state index contributed by atoms with van der Waals surface area (Å²) >= 11 is -4.45. The van der Waals surface area contributed by atoms with Crippen LogP contribution in [-0.4, -0.2) is 0 Å². The first-order chi connectivity index (χ1) is 22.3. The number of fused-ring (bicyclic) bond motifs is 2. The molecule has 5 heteroatoms. The Morgan fingerprint density at radius 3 is 1.63 bits per heavy atom. The predicted octanol–water partition coefficient (Wildman–Crippen LogP) is 12.5. The molecule has 6 aromatic rings. The molecule has 8 rings (SSSR count). The van der Waals surface area contributed by atoms with Gasteiger partial charge >= 0.3 is 283 Å². The topological polar surface area (TPSA) is 26.3 Å². The molecule has 0 bridgehead atoms. The average Bonchev–Trinajstić information content (AvgIpc) is 3.86. The van der Waals surface area contributed by atoms with Crippen molar-refractivity contribution in [2.75, 3.05) is 0 Å². The second-order valence-corrected chi connectivity index (χ2v) is 27.1. The van der Waals surface area contributed by atoms with Crippen molar-refractivity contribution in [1.82, 2.24) is 0 Å². The van der Waals surface area contributed by atoms with Gasteiger partial charge in [0.2, 0.25) is 0 Å². The molecule has 0 spiro atoms. The maximum atomic E-state index is 8.15. The van der Waals surface area contributed by atoms with E-state index in [0.717, 1.165) is 45.3 Å². The van der Waals surface area contributed by atoms with Crippen LogP contribution in [0.1, 0.15) is 58.1 Å². The van der Waals surface area contributed by atoms with Gasteiger partial charge in [-0.15, -0.1) is 0 Å². The van der Waals surface area contributed by atoms with Gasteiger partial charge in [0, 0.05) is 0 Å². The Balaban J connectivity index is 1.36. The summed E-state index contributed by atoms with van der Waals surface area (Å²) in [7, 11) is 16.3. The van der Waals surface area contributed by atoms with E-state index >= 15 is 0 Å². The molecule has 4 aromatic carbocycles. The van der Waals surface area contributed by atoms with Crippen LogP contribution in [0.3, 0.4) is 0 Å². The normalized spacial score (nSPS) is 17.1. The molecule has 2 heterocycles. The molecule has 2 unspecified atom stereocenters. The predicted molar refractivity (Wildman–Crippen MR) is 188 cm³/mol. The van der Waals surface area contributed by atoms with Gasteiger partial charge in [-0.3, -0.25) is 0 Å². The molecule has 0 N–H and O–H groups in total. The fourth-order valence-corrected chi connectivity index (χ4v) is 20.2. The third-order valence-electron chi connectivity index (χ3n) is 9.44. The second-order valence-electron chi connectivity index (χ2n) is 12.4. The summed E-state index contributed by atoms with van der Waals surface area (Å²) < 4.78 is 12.3. The first-order valence-electron chi connectivity index (χ1n) is 15.6. The summed E-state index contributed by atoms with van der Waals surface area (Å²) in [6.07, 6.45) is 4.57. The summed E-state index contributed by atoms with van der Waals surface area (Å²) in [5.74, 6) is 3.37. The number of rotatable bonds is 6. The minimum atomic E-state index is -4.45. The fourth-order valence-electron chi connectivity index (χ4n) is 7.42. The Hall–Kier alpha value is -3.62. The van der Waals surface area contributed by atoms with Crippen molar-refractivity contribution >= 4 is 40.3 Å². The number of benzene rings is 4. The summed E-state index contributed by atoms with van der Waals surface area (Å²) in [4.78, 5) is 0. The van der Waals surface area contributed by atoms with E-state index in [0.29, 0.717) is 0 Å². The monoisotopic (exact) mass is 716 g/mol. The van der Waals surface area contributed by atoms with E-state index in [1.807, 2.05) is 26.0 Å². The van der Waals surface area contributed by atoms with E-state index in [9.17, 15) is 0 Å². The first-order valence-corrected chi connectivity index (χ1v) is 24.8. The van der Waals surface area contributed by atoms with E-state index in [1.165, 1.54) is 38.9 Å². The van der Waals surface area contributed by atoms with Crippen LogP contribution in [0.15, 0.2) is 124 Å². The van der Waals surface area contributed by atoms with Crippen LogP contribution in [0.2, 0.25) is 0 Å². The second kappa shape index (κ2) is 11.6. The molecule has 226 valence electrons. The standard InChI is InChI=1S/C21H17O.C20H15O.2ClH.Zr/c1-14-8-10-17-12-18(20-11-9-15(2)22-20)13-19(17)21(14)16-6-4-3-5-7-16;1-14-10-11-20(21-14)17-12-16-8-5-9-18(19(16)13-17)15-6-3-2-4-7-15;;;/h3-13H,1-2H3;2-13H,1H3;2*1H;/q;;;;+2/p-2. The molecule has 2 aliphatic carbocycles. The summed E-state index contributed by atoms with van der Waals surface area (Å²) in [5.41, 5.74) is 12.8. The number of hydrogen-bond acceptors (Lipinski definition) is 2. The number of hydrogen-bond donors (Lipinski definition) is 0. The van der Waals surface area contributed by atoms with Crippen molar-refractivity contribution in [3.05, 3.63) is 166 Å². The van der Waals surface area contributed by atoms with Gasteiger partial charge < -0.3 is 0 Å². The van der Waals surface area contributed by atoms with Gasteiger partial charge in [0.1, 0.15) is 0 Å². The zero-order chi connectivity index (χ0) is 31.6. The van der Waals surface area contributed by atoms with Gasteiger partial charge in [0.05, 0.1) is 0 Å². The summed E-state index contributed by atoms with van der Waals surface area (Å²) in [5, 5.41) is 0. The van der Waals surface area contributed by atoms with Crippen LogP contribution in [0.25, 0.3) is 45.6 Å². The molecule has 2 aromatic heterocycles. The van der Waals surface area contributed by atoms with E-state index in [-0.39, 0.29) is 7.25 Å². The molecule has 0 fully saturated rings. The maximum absolute atomic E-state index is 8.15. The van der Waals surface area contributed by atoms with Crippen molar-refractivity contribution in [2.45, 2.75) is 28.0 Å². The van der Waals surface area contributed by atoms with Crippen molar-refractivity contribution in [2.24, 2.45) is 0 Å². The van der Waals surface area contributed by atoms with Crippen LogP contribution >= 0.6 is 17.0 Å². The molecule has 0 aliphatic heterocycles. The van der Waals surface area contributed by atoms with Crippen LogP contribution in [0, 0.1) is 20.8 Å². The van der Waals surface area contributed by atoms with Crippen molar-refractivity contribution in [1.29, 1.82) is 0 Å². The van der Waals surface area contributed by atoms with Gasteiger partial charge in [0.25, 0.3) is 0 Å². The first kappa shape index (κ1) is 29.8. The Kier molecular flexibility index (Phi) is 7.48. The fraction of sp³-hybridized carbons (Fsp3) is 0.122. The van der Waals surface area contributed by atoms with Gasteiger partial charge in [-0.05, 0) is 0 Å². The number of halogens is 2. The Labute approximate surface area is 281 Å². The number of aryl methyl sites for hydroxylation is 3. The molecular weight excluding hydrogens is 687 g/mol. The van der Waals surface area contributed by atoms with Crippen molar-refractivity contribution < 1.29 is 26.7 Å². The Morgan fingerprint density at radius 2 is 1.07 bits per heavy atom. The molecule has 2 nitrogen and oxygen atoms in total. The van der Waals surface area contributed by atoms with Crippen molar-refractivity contribution in [3.8, 4) is 22.3 Å². The molecular formula is C41H32Cl2O2Zr. The average molecular weight is 719 g/mol. The van der Waals surface area contributed by atoms with E-state index in [2.05, 4.69) is 122 Å². The summed E-state index contributed by atoms with van der Waals surface area (Å²) in [6, 6.07) is 40.3. The Bertz CT molecular complexity index is 2170. The SMILES string of the molecule is Cc1ccc(C2=Cc3c(-c4ccccc4)cccc3[CH]2[Zr]([Cl])([Cl])[CH]2C(c3ccc(C)o3)=Cc3c2ccc(C)c3-c2ccccc2)o1. The van der Waals surface area contributed by atoms with Crippen LogP contribution in [0.4, 0.5) is 0 Å². The van der Waals surface area contributed by atoms with Gasteiger partial charge in [0.15, 0.2) is 0 Å². The molecule has 0 amide bonds. The van der Waals surface area contributed by atoms with E-state index in [1.54, 1.807) is 0 Å². The molecule has 0 saturated carbocycles. The molecule has 2 atom stereocenters. The van der Waals surface area contributed by atoms with Gasteiger partial charge in [-0.1, -0.05) is 0 Å². The van der Waals surface area contributed by atoms with Crippen molar-refractivity contribution in [3.63, 3.8) is 0 Å². The van der Waals surface area contributed by atoms with Gasteiger partial charge in [-0.25, -0.2) is 0 Å². The molecule has 0 radical (unpaired) electrons. The molecule has 2 aliphatic rings. The molecule has 0 saturated heterocycles. The quantitative estimate of drug-likeness (QED) is 0.171. The van der Waals surface area contributed by atoms with E-state index < -0.39 is 17.9 Å². The van der Waals surface area contributed by atoms with Gasteiger partial charge in [-0.2, -0.15) is 0 Å². The zero-order valence-electron chi connectivity index (χ0n) is 25.9.